The fourth-order valence-corrected chi connectivity index (χ4v) is 2.90. The van der Waals surface area contributed by atoms with Crippen molar-refractivity contribution < 1.29 is 4.79 Å². The predicted molar refractivity (Wildman–Crippen MR) is 75.0 cm³/mol. The second-order valence-corrected chi connectivity index (χ2v) is 5.29. The van der Waals surface area contributed by atoms with E-state index in [0.717, 1.165) is 30.9 Å². The minimum Gasteiger partial charge on any atom is -0.345 e. The molecule has 1 aromatic carbocycles. The van der Waals surface area contributed by atoms with Crippen molar-refractivity contribution in [2.45, 2.75) is 32.2 Å². The van der Waals surface area contributed by atoms with Crippen LogP contribution in [0.15, 0.2) is 24.3 Å². The number of benzene rings is 1. The Morgan fingerprint density at radius 3 is 2.84 bits per heavy atom. The molecule has 100 valence electrons. The van der Waals surface area contributed by atoms with Crippen LogP contribution in [0.1, 0.15) is 31.5 Å². The average Bonchev–Trinajstić information content (AvgIpc) is 2.92. The molecule has 0 aliphatic carbocycles. The zero-order valence-electron chi connectivity index (χ0n) is 11.5. The number of imidazole rings is 1. The number of hydrogen-bond donors (Lipinski definition) is 0. The summed E-state index contributed by atoms with van der Waals surface area (Å²) in [4.78, 5) is 18.3. The van der Waals surface area contributed by atoms with Gasteiger partial charge in [0.1, 0.15) is 5.82 Å². The van der Waals surface area contributed by atoms with E-state index in [4.69, 9.17) is 4.98 Å². The number of nitrogens with zero attached hydrogens (tertiary/aromatic N) is 3. The van der Waals surface area contributed by atoms with Gasteiger partial charge in [-0.3, -0.25) is 4.79 Å². The number of fused-ring (bicyclic) bond motifs is 1. The van der Waals surface area contributed by atoms with Gasteiger partial charge >= 0.3 is 0 Å². The molecular weight excluding hydrogens is 238 g/mol. The van der Waals surface area contributed by atoms with Crippen LogP contribution in [0, 0.1) is 0 Å². The Bertz CT molecular complexity index is 617. The standard InChI is InChI=1S/C15H19N3O/c1-3-8-18-13-7-5-4-6-12(13)16-15(18)11-9-14(19)17(2)10-11/h4-7,11H,3,8-10H2,1-2H3. The molecule has 1 atom stereocenters. The fraction of sp³-hybridized carbons (Fsp3) is 0.467. The second kappa shape index (κ2) is 4.68. The zero-order valence-corrected chi connectivity index (χ0v) is 11.5. The van der Waals surface area contributed by atoms with Crippen molar-refractivity contribution in [2.75, 3.05) is 13.6 Å². The van der Waals surface area contributed by atoms with Gasteiger partial charge in [-0.25, -0.2) is 4.98 Å². The van der Waals surface area contributed by atoms with Crippen molar-refractivity contribution in [2.24, 2.45) is 0 Å². The van der Waals surface area contributed by atoms with Crippen LogP contribution in [0.2, 0.25) is 0 Å². The highest BCUT2D eigenvalue weighted by molar-refractivity contribution is 5.80. The van der Waals surface area contributed by atoms with Gasteiger partial charge < -0.3 is 9.47 Å². The van der Waals surface area contributed by atoms with E-state index in [2.05, 4.69) is 17.6 Å². The molecule has 0 bridgehead atoms. The molecule has 1 unspecified atom stereocenters. The van der Waals surface area contributed by atoms with Crippen LogP contribution in [0.5, 0.6) is 0 Å². The number of para-hydroxylation sites is 2. The molecule has 19 heavy (non-hydrogen) atoms. The number of rotatable bonds is 3. The lowest BCUT2D eigenvalue weighted by Gasteiger charge is -2.13. The first kappa shape index (κ1) is 12.2. The maximum Gasteiger partial charge on any atom is 0.223 e. The van der Waals surface area contributed by atoms with Crippen LogP contribution in [0.25, 0.3) is 11.0 Å². The summed E-state index contributed by atoms with van der Waals surface area (Å²) >= 11 is 0. The van der Waals surface area contributed by atoms with Crippen molar-refractivity contribution in [3.05, 3.63) is 30.1 Å². The number of aromatic nitrogens is 2. The molecule has 4 nitrogen and oxygen atoms in total. The molecule has 0 saturated carbocycles. The van der Waals surface area contributed by atoms with Crippen molar-refractivity contribution in [1.29, 1.82) is 0 Å². The lowest BCUT2D eigenvalue weighted by atomic mass is 10.1. The van der Waals surface area contributed by atoms with Gasteiger partial charge in [0, 0.05) is 32.5 Å². The summed E-state index contributed by atoms with van der Waals surface area (Å²) in [5.74, 6) is 1.53. The van der Waals surface area contributed by atoms with E-state index < -0.39 is 0 Å². The molecule has 2 heterocycles. The summed E-state index contributed by atoms with van der Waals surface area (Å²) in [7, 11) is 1.87. The second-order valence-electron chi connectivity index (χ2n) is 5.29. The van der Waals surface area contributed by atoms with E-state index in [1.807, 2.05) is 25.2 Å². The van der Waals surface area contributed by atoms with E-state index in [-0.39, 0.29) is 11.8 Å². The van der Waals surface area contributed by atoms with E-state index >= 15 is 0 Å². The number of likely N-dealkylation sites (N-methyl/N-ethyl adjacent to an activating group) is 1. The smallest absolute Gasteiger partial charge is 0.223 e. The van der Waals surface area contributed by atoms with Gasteiger partial charge in [0.05, 0.1) is 11.0 Å². The summed E-state index contributed by atoms with van der Waals surface area (Å²) in [5.41, 5.74) is 2.22. The highest BCUT2D eigenvalue weighted by Crippen LogP contribution is 2.29. The quantitative estimate of drug-likeness (QED) is 0.846. The Balaban J connectivity index is 2.07. The van der Waals surface area contributed by atoms with Crippen LogP contribution in [0.3, 0.4) is 0 Å². The minimum atomic E-state index is 0.222. The van der Waals surface area contributed by atoms with Crippen LogP contribution in [-0.2, 0) is 11.3 Å². The Hall–Kier alpha value is -1.84. The Kier molecular flexibility index (Phi) is 3.01. The molecule has 4 heteroatoms. The average molecular weight is 257 g/mol. The Labute approximate surface area is 113 Å². The summed E-state index contributed by atoms with van der Waals surface area (Å²) in [6, 6.07) is 8.22. The lowest BCUT2D eigenvalue weighted by molar-refractivity contribution is -0.126. The van der Waals surface area contributed by atoms with Crippen LogP contribution >= 0.6 is 0 Å². The molecule has 0 spiro atoms. The summed E-state index contributed by atoms with van der Waals surface area (Å²) in [6.45, 7) is 3.92. The number of amides is 1. The number of likely N-dealkylation sites (tertiary alicyclic amines) is 1. The summed E-state index contributed by atoms with van der Waals surface area (Å²) in [6.07, 6.45) is 1.66. The predicted octanol–water partition coefficient (Wildman–Crippen LogP) is 2.39. The first-order valence-electron chi connectivity index (χ1n) is 6.90. The third-order valence-corrected chi connectivity index (χ3v) is 3.84. The van der Waals surface area contributed by atoms with Crippen molar-refractivity contribution in [3.8, 4) is 0 Å². The van der Waals surface area contributed by atoms with Gasteiger partial charge in [-0.05, 0) is 18.6 Å². The topological polar surface area (TPSA) is 38.1 Å². The van der Waals surface area contributed by atoms with Crippen LogP contribution in [0.4, 0.5) is 0 Å². The van der Waals surface area contributed by atoms with Gasteiger partial charge in [0.15, 0.2) is 0 Å². The number of carbonyl (C=O) groups is 1. The molecule has 1 fully saturated rings. The SMILES string of the molecule is CCCn1c(C2CC(=O)N(C)C2)nc2ccccc21. The van der Waals surface area contributed by atoms with E-state index in [9.17, 15) is 4.79 Å². The minimum absolute atomic E-state index is 0.222. The van der Waals surface area contributed by atoms with Gasteiger partial charge in [0.25, 0.3) is 0 Å². The molecule has 3 rings (SSSR count). The van der Waals surface area contributed by atoms with Gasteiger partial charge in [-0.15, -0.1) is 0 Å². The first-order valence-corrected chi connectivity index (χ1v) is 6.90. The molecular formula is C15H19N3O. The van der Waals surface area contributed by atoms with Crippen LogP contribution < -0.4 is 0 Å². The normalized spacial score (nSPS) is 19.6. The highest BCUT2D eigenvalue weighted by Gasteiger charge is 2.31. The van der Waals surface area contributed by atoms with Crippen molar-refractivity contribution in [3.63, 3.8) is 0 Å². The van der Waals surface area contributed by atoms with E-state index in [1.54, 1.807) is 4.90 Å². The van der Waals surface area contributed by atoms with Crippen molar-refractivity contribution >= 4 is 16.9 Å². The molecule has 2 aromatic rings. The zero-order chi connectivity index (χ0) is 13.4. The first-order chi connectivity index (χ1) is 9.20. The molecule has 0 N–H and O–H groups in total. The van der Waals surface area contributed by atoms with Gasteiger partial charge in [-0.1, -0.05) is 19.1 Å². The molecule has 1 aliphatic heterocycles. The van der Waals surface area contributed by atoms with Crippen LogP contribution in [-0.4, -0.2) is 34.0 Å². The third-order valence-electron chi connectivity index (χ3n) is 3.84. The number of hydrogen-bond acceptors (Lipinski definition) is 2. The maximum absolute atomic E-state index is 11.7. The number of aryl methyl sites for hydroxylation is 1. The highest BCUT2D eigenvalue weighted by atomic mass is 16.2. The Morgan fingerprint density at radius 1 is 1.37 bits per heavy atom. The fourth-order valence-electron chi connectivity index (χ4n) is 2.90. The Morgan fingerprint density at radius 2 is 2.16 bits per heavy atom. The number of carbonyl (C=O) groups excluding carboxylic acids is 1. The van der Waals surface area contributed by atoms with Gasteiger partial charge in [0.2, 0.25) is 5.91 Å². The summed E-state index contributed by atoms with van der Waals surface area (Å²) in [5, 5.41) is 0. The monoisotopic (exact) mass is 257 g/mol. The summed E-state index contributed by atoms with van der Waals surface area (Å²) < 4.78 is 2.28. The molecule has 1 saturated heterocycles. The lowest BCUT2D eigenvalue weighted by Crippen LogP contribution is -2.19. The maximum atomic E-state index is 11.7. The van der Waals surface area contributed by atoms with Crippen molar-refractivity contribution in [1.82, 2.24) is 14.5 Å². The van der Waals surface area contributed by atoms with Gasteiger partial charge in [-0.2, -0.15) is 0 Å². The third kappa shape index (κ3) is 2.01. The van der Waals surface area contributed by atoms with E-state index in [1.165, 1.54) is 5.52 Å². The molecule has 1 amide bonds. The molecule has 0 radical (unpaired) electrons. The van der Waals surface area contributed by atoms with E-state index in [0.29, 0.717) is 6.42 Å². The largest absolute Gasteiger partial charge is 0.345 e. The molecule has 1 aromatic heterocycles. The molecule has 1 aliphatic rings.